The highest BCUT2D eigenvalue weighted by atomic mass is 16.2. The van der Waals surface area contributed by atoms with Crippen molar-refractivity contribution in [3.05, 3.63) is 76.6 Å². The maximum Gasteiger partial charge on any atom is 0.261 e. The maximum absolute atomic E-state index is 12.8. The van der Waals surface area contributed by atoms with E-state index < -0.39 is 0 Å². The Bertz CT molecular complexity index is 1300. The van der Waals surface area contributed by atoms with Crippen molar-refractivity contribution < 1.29 is 4.79 Å². The molecular weight excluding hydrogens is 366 g/mol. The molecule has 0 saturated carbocycles. The van der Waals surface area contributed by atoms with Gasteiger partial charge in [-0.25, -0.2) is 15.0 Å². The molecule has 5 rings (SSSR count). The number of amides is 1. The molecule has 0 fully saturated rings. The number of fused-ring (bicyclic) bond motifs is 3. The van der Waals surface area contributed by atoms with Gasteiger partial charge in [0.05, 0.1) is 17.2 Å². The first kappa shape index (κ1) is 17.5. The van der Waals surface area contributed by atoms with Crippen molar-refractivity contribution in [3.8, 4) is 0 Å². The Hall–Kier alpha value is -3.61. The second-order valence-corrected chi connectivity index (χ2v) is 7.22. The topological polar surface area (TPSA) is 81.0 Å². The molecular formula is C22H19N5O2. The Morgan fingerprint density at radius 3 is 2.93 bits per heavy atom. The number of aromatic nitrogens is 4. The number of rotatable bonds is 3. The molecule has 4 heterocycles. The van der Waals surface area contributed by atoms with Gasteiger partial charge < -0.3 is 4.90 Å². The molecule has 29 heavy (non-hydrogen) atoms. The third-order valence-electron chi connectivity index (χ3n) is 5.39. The molecule has 0 N–H and O–H groups in total. The first-order chi connectivity index (χ1) is 14.2. The molecule has 144 valence electrons. The standard InChI is InChI=1S/C22H19N5O2/c28-20(8-11-27-14-24-19-6-2-1-5-17(19)22(27)29)26-10-7-18-16(13-26)12-15-4-3-9-23-21(15)25-18/h1-6,9,12,14H,7-8,10-11,13H2. The summed E-state index contributed by atoms with van der Waals surface area (Å²) in [5, 5.41) is 1.55. The summed E-state index contributed by atoms with van der Waals surface area (Å²) in [6.07, 6.45) is 4.24. The molecule has 0 bridgehead atoms. The molecule has 0 unspecified atom stereocenters. The van der Waals surface area contributed by atoms with E-state index in [-0.39, 0.29) is 17.9 Å². The first-order valence-corrected chi connectivity index (χ1v) is 9.64. The fourth-order valence-corrected chi connectivity index (χ4v) is 3.82. The highest BCUT2D eigenvalue weighted by Crippen LogP contribution is 2.22. The number of benzene rings is 1. The average Bonchev–Trinajstić information content (AvgIpc) is 2.77. The van der Waals surface area contributed by atoms with Crippen LogP contribution < -0.4 is 5.56 Å². The normalized spacial score (nSPS) is 13.6. The van der Waals surface area contributed by atoms with Gasteiger partial charge in [0.1, 0.15) is 0 Å². The summed E-state index contributed by atoms with van der Waals surface area (Å²) >= 11 is 0. The van der Waals surface area contributed by atoms with E-state index >= 15 is 0 Å². The van der Waals surface area contributed by atoms with E-state index in [1.165, 1.54) is 10.9 Å². The summed E-state index contributed by atoms with van der Waals surface area (Å²) in [5.74, 6) is 0.0296. The Morgan fingerprint density at radius 1 is 1.10 bits per heavy atom. The molecule has 1 amide bonds. The van der Waals surface area contributed by atoms with E-state index in [2.05, 4.69) is 21.0 Å². The average molecular weight is 385 g/mol. The van der Waals surface area contributed by atoms with Crippen molar-refractivity contribution in [2.45, 2.75) is 25.9 Å². The molecule has 3 aromatic heterocycles. The summed E-state index contributed by atoms with van der Waals surface area (Å²) in [5.41, 5.74) is 3.37. The lowest BCUT2D eigenvalue weighted by Crippen LogP contribution is -2.37. The minimum Gasteiger partial charge on any atom is -0.338 e. The third kappa shape index (κ3) is 3.24. The van der Waals surface area contributed by atoms with Gasteiger partial charge in [0, 0.05) is 49.8 Å². The number of carbonyl (C=O) groups excluding carboxylic acids is 1. The van der Waals surface area contributed by atoms with Crippen molar-refractivity contribution in [2.75, 3.05) is 6.54 Å². The van der Waals surface area contributed by atoms with Crippen LogP contribution in [0.3, 0.4) is 0 Å². The zero-order valence-electron chi connectivity index (χ0n) is 15.8. The van der Waals surface area contributed by atoms with Crippen molar-refractivity contribution >= 4 is 27.8 Å². The summed E-state index contributed by atoms with van der Waals surface area (Å²) < 4.78 is 1.51. The van der Waals surface area contributed by atoms with Crippen molar-refractivity contribution in [2.24, 2.45) is 0 Å². The van der Waals surface area contributed by atoms with Crippen LogP contribution in [-0.4, -0.2) is 36.9 Å². The number of pyridine rings is 2. The van der Waals surface area contributed by atoms with Gasteiger partial charge in [-0.1, -0.05) is 12.1 Å². The van der Waals surface area contributed by atoms with Crippen LogP contribution in [0.25, 0.3) is 21.9 Å². The van der Waals surface area contributed by atoms with Crippen LogP contribution in [0.5, 0.6) is 0 Å². The second-order valence-electron chi connectivity index (χ2n) is 7.22. The van der Waals surface area contributed by atoms with Gasteiger partial charge in [-0.2, -0.15) is 0 Å². The Balaban J connectivity index is 1.31. The Labute approximate surface area is 166 Å². The number of aryl methyl sites for hydroxylation is 1. The van der Waals surface area contributed by atoms with E-state index in [1.807, 2.05) is 35.2 Å². The lowest BCUT2D eigenvalue weighted by molar-refractivity contribution is -0.132. The fraction of sp³-hybridized carbons (Fsp3) is 0.227. The van der Waals surface area contributed by atoms with Crippen molar-refractivity contribution in [1.82, 2.24) is 24.4 Å². The predicted molar refractivity (Wildman–Crippen MR) is 109 cm³/mol. The maximum atomic E-state index is 12.8. The van der Waals surface area contributed by atoms with Gasteiger partial charge in [-0.15, -0.1) is 0 Å². The molecule has 4 aromatic rings. The Morgan fingerprint density at radius 2 is 2.00 bits per heavy atom. The molecule has 1 aliphatic rings. The smallest absolute Gasteiger partial charge is 0.261 e. The monoisotopic (exact) mass is 385 g/mol. The van der Waals surface area contributed by atoms with Gasteiger partial charge >= 0.3 is 0 Å². The van der Waals surface area contributed by atoms with Gasteiger partial charge in [0.15, 0.2) is 5.65 Å². The summed E-state index contributed by atoms with van der Waals surface area (Å²) in [6, 6.07) is 13.2. The number of carbonyl (C=O) groups is 1. The Kier molecular flexibility index (Phi) is 4.27. The van der Waals surface area contributed by atoms with Crippen LogP contribution in [0.1, 0.15) is 17.7 Å². The number of para-hydroxylation sites is 1. The molecule has 1 aliphatic heterocycles. The van der Waals surface area contributed by atoms with E-state index in [4.69, 9.17) is 0 Å². The number of hydrogen-bond acceptors (Lipinski definition) is 5. The van der Waals surface area contributed by atoms with Gasteiger partial charge in [-0.3, -0.25) is 14.2 Å². The largest absolute Gasteiger partial charge is 0.338 e. The molecule has 0 saturated heterocycles. The van der Waals surface area contributed by atoms with Gasteiger partial charge in [0.25, 0.3) is 5.56 Å². The van der Waals surface area contributed by atoms with E-state index in [1.54, 1.807) is 12.3 Å². The van der Waals surface area contributed by atoms with Crippen LogP contribution in [0.4, 0.5) is 0 Å². The SMILES string of the molecule is O=C(CCn1cnc2ccccc2c1=O)N1CCc2nc3ncccc3cc2C1. The fourth-order valence-electron chi connectivity index (χ4n) is 3.82. The van der Waals surface area contributed by atoms with Crippen molar-refractivity contribution in [3.63, 3.8) is 0 Å². The van der Waals surface area contributed by atoms with E-state index in [0.717, 1.165) is 22.3 Å². The van der Waals surface area contributed by atoms with Crippen molar-refractivity contribution in [1.29, 1.82) is 0 Å². The molecule has 0 atom stereocenters. The molecule has 0 spiro atoms. The second kappa shape index (κ2) is 7.09. The first-order valence-electron chi connectivity index (χ1n) is 9.64. The van der Waals surface area contributed by atoms with Crippen LogP contribution in [-0.2, 0) is 24.3 Å². The van der Waals surface area contributed by atoms with Gasteiger partial charge in [-0.05, 0) is 35.9 Å². The molecule has 1 aromatic carbocycles. The summed E-state index contributed by atoms with van der Waals surface area (Å²) in [4.78, 5) is 40.5. The van der Waals surface area contributed by atoms with Crippen LogP contribution in [0.2, 0.25) is 0 Å². The highest BCUT2D eigenvalue weighted by Gasteiger charge is 2.22. The number of hydrogen-bond donors (Lipinski definition) is 0. The molecule has 0 aliphatic carbocycles. The summed E-state index contributed by atoms with van der Waals surface area (Å²) in [6.45, 7) is 1.48. The van der Waals surface area contributed by atoms with Crippen LogP contribution in [0, 0.1) is 0 Å². The molecule has 7 nitrogen and oxygen atoms in total. The highest BCUT2D eigenvalue weighted by molar-refractivity contribution is 5.79. The van der Waals surface area contributed by atoms with Crippen LogP contribution >= 0.6 is 0 Å². The quantitative estimate of drug-likeness (QED) is 0.541. The zero-order chi connectivity index (χ0) is 19.8. The molecule has 0 radical (unpaired) electrons. The molecule has 7 heteroatoms. The third-order valence-corrected chi connectivity index (χ3v) is 5.39. The minimum absolute atomic E-state index is 0.0296. The lowest BCUT2D eigenvalue weighted by atomic mass is 10.0. The van der Waals surface area contributed by atoms with E-state index in [0.29, 0.717) is 37.0 Å². The lowest BCUT2D eigenvalue weighted by Gasteiger charge is -2.28. The summed E-state index contributed by atoms with van der Waals surface area (Å²) in [7, 11) is 0. The van der Waals surface area contributed by atoms with Crippen LogP contribution in [0.15, 0.2) is 59.8 Å². The predicted octanol–water partition coefficient (Wildman–Crippen LogP) is 2.31. The zero-order valence-corrected chi connectivity index (χ0v) is 15.8. The minimum atomic E-state index is -0.115. The number of nitrogens with zero attached hydrogens (tertiary/aromatic N) is 5. The van der Waals surface area contributed by atoms with Gasteiger partial charge in [0.2, 0.25) is 5.91 Å². The van der Waals surface area contributed by atoms with E-state index in [9.17, 15) is 9.59 Å².